The number of nitrogens with zero attached hydrogens (tertiary/aromatic N) is 1. The van der Waals surface area contributed by atoms with Gasteiger partial charge in [0, 0.05) is 41.0 Å². The number of nitrogens with one attached hydrogen (secondary N) is 3. The summed E-state index contributed by atoms with van der Waals surface area (Å²) in [6.45, 7) is 1.90. The molecule has 0 aliphatic carbocycles. The molecule has 1 amide bonds. The molecule has 0 bridgehead atoms. The molecule has 2 heterocycles. The van der Waals surface area contributed by atoms with E-state index in [-0.39, 0.29) is 29.4 Å². The van der Waals surface area contributed by atoms with Gasteiger partial charge in [0.1, 0.15) is 11.6 Å². The number of benzene rings is 1. The van der Waals surface area contributed by atoms with Crippen LogP contribution in [0.25, 0.3) is 11.1 Å². The minimum atomic E-state index is -0.538. The Kier molecular flexibility index (Phi) is 7.30. The lowest BCUT2D eigenvalue weighted by Crippen LogP contribution is -2.18. The maximum absolute atomic E-state index is 14.3. The molecule has 3 rings (SSSR count). The molecule has 3 aromatic rings. The van der Waals surface area contributed by atoms with Crippen molar-refractivity contribution in [2.24, 2.45) is 0 Å². The molecule has 0 saturated heterocycles. The highest BCUT2D eigenvalue weighted by Crippen LogP contribution is 2.30. The van der Waals surface area contributed by atoms with E-state index in [0.29, 0.717) is 33.7 Å². The van der Waals surface area contributed by atoms with Gasteiger partial charge in [0.15, 0.2) is 0 Å². The number of rotatable bonds is 7. The normalized spacial score (nSPS) is 11.8. The Morgan fingerprint density at radius 2 is 1.90 bits per heavy atom. The molecule has 162 valence electrons. The third-order valence-electron chi connectivity index (χ3n) is 4.85. The molecule has 0 spiro atoms. The van der Waals surface area contributed by atoms with Crippen LogP contribution in [0, 0.1) is 5.82 Å². The molecule has 1 atom stereocenters. The van der Waals surface area contributed by atoms with Crippen LogP contribution in [0.4, 0.5) is 15.9 Å². The highest BCUT2D eigenvalue weighted by molar-refractivity contribution is 6.31. The third kappa shape index (κ3) is 5.62. The van der Waals surface area contributed by atoms with Crippen molar-refractivity contribution in [3.05, 3.63) is 74.5 Å². The summed E-state index contributed by atoms with van der Waals surface area (Å²) >= 11 is 11.9. The highest BCUT2D eigenvalue weighted by atomic mass is 35.5. The van der Waals surface area contributed by atoms with Crippen molar-refractivity contribution < 1.29 is 9.18 Å². The Balaban J connectivity index is 1.77. The second-order valence-corrected chi connectivity index (χ2v) is 7.93. The van der Waals surface area contributed by atoms with Crippen molar-refractivity contribution in [1.82, 2.24) is 9.97 Å². The second-order valence-electron chi connectivity index (χ2n) is 7.06. The first-order valence-corrected chi connectivity index (χ1v) is 10.4. The number of carbonyl (C=O) groups is 1. The van der Waals surface area contributed by atoms with Gasteiger partial charge < -0.3 is 15.6 Å². The zero-order valence-corrected chi connectivity index (χ0v) is 18.4. The lowest BCUT2D eigenvalue weighted by atomic mass is 9.97. The van der Waals surface area contributed by atoms with E-state index in [1.807, 2.05) is 6.92 Å². The van der Waals surface area contributed by atoms with Crippen molar-refractivity contribution in [3.63, 3.8) is 0 Å². The Morgan fingerprint density at radius 3 is 2.61 bits per heavy atom. The molecule has 2 aromatic heterocycles. The summed E-state index contributed by atoms with van der Waals surface area (Å²) in [5.41, 5.74) is 1.13. The van der Waals surface area contributed by atoms with E-state index in [9.17, 15) is 14.0 Å². The summed E-state index contributed by atoms with van der Waals surface area (Å²) in [4.78, 5) is 31.8. The van der Waals surface area contributed by atoms with Crippen LogP contribution in [0.3, 0.4) is 0 Å². The molecule has 1 aromatic carbocycles. The van der Waals surface area contributed by atoms with Crippen LogP contribution in [0.1, 0.15) is 31.4 Å². The van der Waals surface area contributed by atoms with Crippen molar-refractivity contribution >= 4 is 40.6 Å². The fourth-order valence-electron chi connectivity index (χ4n) is 3.21. The van der Waals surface area contributed by atoms with E-state index in [4.69, 9.17) is 23.2 Å². The van der Waals surface area contributed by atoms with Crippen LogP contribution in [-0.4, -0.2) is 22.9 Å². The molecular formula is C22H21Cl2FN4O2. The Morgan fingerprint density at radius 1 is 1.16 bits per heavy atom. The number of amides is 1. The fraction of sp³-hybridized carbons (Fsp3) is 0.227. The van der Waals surface area contributed by atoms with Gasteiger partial charge in [-0.1, -0.05) is 30.1 Å². The van der Waals surface area contributed by atoms with Gasteiger partial charge in [-0.25, -0.2) is 9.37 Å². The van der Waals surface area contributed by atoms with E-state index in [1.165, 1.54) is 24.4 Å². The van der Waals surface area contributed by atoms with Crippen LogP contribution in [0.5, 0.6) is 0 Å². The van der Waals surface area contributed by atoms with Crippen molar-refractivity contribution in [2.45, 2.75) is 25.7 Å². The monoisotopic (exact) mass is 462 g/mol. The molecule has 0 aliphatic heterocycles. The summed E-state index contributed by atoms with van der Waals surface area (Å²) in [5.74, 6) is -0.523. The molecule has 6 nitrogen and oxygen atoms in total. The van der Waals surface area contributed by atoms with Crippen LogP contribution in [-0.2, 0) is 4.79 Å². The molecule has 9 heteroatoms. The number of anilines is 2. The maximum Gasteiger partial charge on any atom is 0.256 e. The number of aromatic nitrogens is 2. The van der Waals surface area contributed by atoms with E-state index >= 15 is 0 Å². The zero-order chi connectivity index (χ0) is 22.5. The average Bonchev–Trinajstić information content (AvgIpc) is 2.73. The molecule has 0 aliphatic rings. The van der Waals surface area contributed by atoms with Gasteiger partial charge >= 0.3 is 0 Å². The van der Waals surface area contributed by atoms with Gasteiger partial charge in [-0.05, 0) is 48.7 Å². The number of pyridine rings is 2. The lowest BCUT2D eigenvalue weighted by Gasteiger charge is -2.17. The molecule has 0 fully saturated rings. The van der Waals surface area contributed by atoms with E-state index in [0.717, 1.165) is 0 Å². The lowest BCUT2D eigenvalue weighted by molar-refractivity contribution is -0.116. The van der Waals surface area contributed by atoms with Gasteiger partial charge in [-0.2, -0.15) is 0 Å². The molecule has 0 saturated carbocycles. The second kappa shape index (κ2) is 9.94. The molecule has 1 unspecified atom stereocenters. The largest absolute Gasteiger partial charge is 0.387 e. The molecule has 3 N–H and O–H groups in total. The number of H-pyrrole nitrogens is 1. The van der Waals surface area contributed by atoms with Gasteiger partial charge in [-0.15, -0.1) is 0 Å². The highest BCUT2D eigenvalue weighted by Gasteiger charge is 2.18. The summed E-state index contributed by atoms with van der Waals surface area (Å²) in [7, 11) is 1.71. The maximum atomic E-state index is 14.3. The van der Waals surface area contributed by atoms with Gasteiger partial charge in [0.05, 0.1) is 11.3 Å². The minimum Gasteiger partial charge on any atom is -0.387 e. The quantitative estimate of drug-likeness (QED) is 0.435. The van der Waals surface area contributed by atoms with Gasteiger partial charge in [0.2, 0.25) is 5.91 Å². The Hall–Kier alpha value is -2.90. The van der Waals surface area contributed by atoms with Gasteiger partial charge in [0.25, 0.3) is 5.56 Å². The molecule has 31 heavy (non-hydrogen) atoms. The third-order valence-corrected chi connectivity index (χ3v) is 5.32. The number of halogens is 3. The van der Waals surface area contributed by atoms with Crippen molar-refractivity contribution in [1.29, 1.82) is 0 Å². The van der Waals surface area contributed by atoms with E-state index in [1.54, 1.807) is 25.2 Å². The summed E-state index contributed by atoms with van der Waals surface area (Å²) < 4.78 is 14.3. The SMILES string of the molecule is CNc1cc(-c2cc(Cl)ccc2F)c(=O)[nH]c1C(C)CCC(=O)Nc1cc(Cl)ccn1. The number of carbonyl (C=O) groups excluding carboxylic acids is 1. The Bertz CT molecular complexity index is 1170. The first kappa shape index (κ1) is 22.8. The first-order valence-electron chi connectivity index (χ1n) is 9.60. The fourth-order valence-corrected chi connectivity index (χ4v) is 3.55. The van der Waals surface area contributed by atoms with Crippen LogP contribution in [0.15, 0.2) is 47.4 Å². The topological polar surface area (TPSA) is 86.9 Å². The standard InChI is InChI=1S/C22H21Cl2FN4O2/c1-12(3-6-20(30)28-19-10-14(24)7-8-27-19)21-18(26-2)11-16(22(31)29-21)15-9-13(23)4-5-17(15)25/h4-5,7-12,26H,3,6H2,1-2H3,(H,29,31)(H,27,28,30). The Labute approximate surface area is 188 Å². The summed E-state index contributed by atoms with van der Waals surface area (Å²) in [6, 6.07) is 8.84. The zero-order valence-electron chi connectivity index (χ0n) is 16.9. The van der Waals surface area contributed by atoms with E-state index < -0.39 is 11.4 Å². The van der Waals surface area contributed by atoms with E-state index in [2.05, 4.69) is 20.6 Å². The average molecular weight is 463 g/mol. The molecule has 0 radical (unpaired) electrons. The first-order chi connectivity index (χ1) is 14.8. The summed E-state index contributed by atoms with van der Waals surface area (Å²) in [5, 5.41) is 6.54. The van der Waals surface area contributed by atoms with Crippen LogP contribution < -0.4 is 16.2 Å². The van der Waals surface area contributed by atoms with Crippen LogP contribution >= 0.6 is 23.2 Å². The van der Waals surface area contributed by atoms with Crippen molar-refractivity contribution in [3.8, 4) is 11.1 Å². The number of hydrogen-bond donors (Lipinski definition) is 3. The minimum absolute atomic E-state index is 0.123. The van der Waals surface area contributed by atoms with Gasteiger partial charge in [-0.3, -0.25) is 9.59 Å². The molecular weight excluding hydrogens is 442 g/mol. The van der Waals surface area contributed by atoms with Crippen LogP contribution in [0.2, 0.25) is 10.0 Å². The summed E-state index contributed by atoms with van der Waals surface area (Å²) in [6.07, 6.45) is 2.20. The predicted molar refractivity (Wildman–Crippen MR) is 123 cm³/mol. The number of aromatic amines is 1. The predicted octanol–water partition coefficient (Wildman–Crippen LogP) is 5.45. The smallest absolute Gasteiger partial charge is 0.256 e. The van der Waals surface area contributed by atoms with Crippen molar-refractivity contribution in [2.75, 3.05) is 17.7 Å². The number of hydrogen-bond acceptors (Lipinski definition) is 4.